The molecule has 2 N–H and O–H groups in total. The maximum absolute atomic E-state index is 9.28. The molecular formula is C17H17N3. The second-order valence-corrected chi connectivity index (χ2v) is 5.23. The first kappa shape index (κ1) is 12.6. The average molecular weight is 263 g/mol. The summed E-state index contributed by atoms with van der Waals surface area (Å²) < 4.78 is 0. The minimum atomic E-state index is 0.547. The molecule has 1 aliphatic carbocycles. The van der Waals surface area contributed by atoms with Crippen molar-refractivity contribution in [2.24, 2.45) is 0 Å². The van der Waals surface area contributed by atoms with E-state index in [1.165, 1.54) is 18.4 Å². The van der Waals surface area contributed by atoms with E-state index in [1.54, 1.807) is 0 Å². The molecule has 20 heavy (non-hydrogen) atoms. The van der Waals surface area contributed by atoms with Gasteiger partial charge in [-0.3, -0.25) is 0 Å². The van der Waals surface area contributed by atoms with Crippen LogP contribution in [0.3, 0.4) is 0 Å². The molecule has 1 aliphatic rings. The molecule has 0 atom stereocenters. The van der Waals surface area contributed by atoms with Crippen molar-refractivity contribution in [2.45, 2.75) is 25.4 Å². The van der Waals surface area contributed by atoms with Crippen LogP contribution >= 0.6 is 0 Å². The van der Waals surface area contributed by atoms with E-state index >= 15 is 0 Å². The van der Waals surface area contributed by atoms with Gasteiger partial charge in [0.05, 0.1) is 11.3 Å². The molecule has 3 rings (SSSR count). The number of hydrogen-bond acceptors (Lipinski definition) is 3. The lowest BCUT2D eigenvalue weighted by Gasteiger charge is -2.26. The minimum absolute atomic E-state index is 0.547. The number of nitriles is 1. The Bertz CT molecular complexity index is 653. The molecule has 0 aromatic heterocycles. The molecule has 2 aromatic carbocycles. The van der Waals surface area contributed by atoms with Crippen LogP contribution in [-0.4, -0.2) is 6.04 Å². The first-order chi connectivity index (χ1) is 9.78. The molecule has 100 valence electrons. The Kier molecular flexibility index (Phi) is 3.30. The third-order valence-electron chi connectivity index (χ3n) is 3.63. The van der Waals surface area contributed by atoms with Gasteiger partial charge in [0.1, 0.15) is 6.07 Å². The van der Waals surface area contributed by atoms with Crippen molar-refractivity contribution >= 4 is 11.4 Å². The van der Waals surface area contributed by atoms with Crippen molar-refractivity contribution in [3.63, 3.8) is 0 Å². The topological polar surface area (TPSA) is 53.0 Å². The zero-order chi connectivity index (χ0) is 13.9. The summed E-state index contributed by atoms with van der Waals surface area (Å²) >= 11 is 0. The smallest absolute Gasteiger partial charge is 0.101 e. The van der Waals surface area contributed by atoms with Crippen molar-refractivity contribution < 1.29 is 0 Å². The SMILES string of the molecule is N#Cc1ccccc1N(Cc1cccc(N)c1)C1CC1. The Morgan fingerprint density at radius 1 is 1.15 bits per heavy atom. The summed E-state index contributed by atoms with van der Waals surface area (Å²) in [5.74, 6) is 0. The largest absolute Gasteiger partial charge is 0.399 e. The van der Waals surface area contributed by atoms with E-state index in [4.69, 9.17) is 5.73 Å². The van der Waals surface area contributed by atoms with Gasteiger partial charge in [-0.1, -0.05) is 24.3 Å². The zero-order valence-corrected chi connectivity index (χ0v) is 11.3. The number of nitrogens with two attached hydrogens (primary N) is 1. The van der Waals surface area contributed by atoms with Crippen LogP contribution in [-0.2, 0) is 6.54 Å². The number of nitrogen functional groups attached to an aromatic ring is 1. The van der Waals surface area contributed by atoms with Gasteiger partial charge in [0.2, 0.25) is 0 Å². The molecule has 0 saturated heterocycles. The Hall–Kier alpha value is -2.47. The molecule has 1 fully saturated rings. The molecule has 3 nitrogen and oxygen atoms in total. The van der Waals surface area contributed by atoms with Crippen LogP contribution in [0.5, 0.6) is 0 Å². The van der Waals surface area contributed by atoms with Crippen LogP contribution in [0.1, 0.15) is 24.0 Å². The minimum Gasteiger partial charge on any atom is -0.399 e. The van der Waals surface area contributed by atoms with Crippen LogP contribution in [0.25, 0.3) is 0 Å². The molecular weight excluding hydrogens is 246 g/mol. The summed E-state index contributed by atoms with van der Waals surface area (Å²) in [6.07, 6.45) is 2.39. The average Bonchev–Trinajstić information content (AvgIpc) is 3.29. The Morgan fingerprint density at radius 3 is 2.65 bits per heavy atom. The lowest BCUT2D eigenvalue weighted by atomic mass is 10.1. The quantitative estimate of drug-likeness (QED) is 0.861. The summed E-state index contributed by atoms with van der Waals surface area (Å²) in [5.41, 5.74) is 9.59. The monoisotopic (exact) mass is 263 g/mol. The molecule has 2 aromatic rings. The molecule has 0 unspecified atom stereocenters. The van der Waals surface area contributed by atoms with Crippen LogP contribution in [0, 0.1) is 11.3 Å². The fourth-order valence-electron chi connectivity index (χ4n) is 2.50. The van der Waals surface area contributed by atoms with E-state index in [1.807, 2.05) is 42.5 Å². The Labute approximate surface area is 119 Å². The molecule has 0 amide bonds. The van der Waals surface area contributed by atoms with Crippen LogP contribution in [0.2, 0.25) is 0 Å². The molecule has 1 saturated carbocycles. The second kappa shape index (κ2) is 5.26. The third-order valence-corrected chi connectivity index (χ3v) is 3.63. The van der Waals surface area contributed by atoms with Crippen molar-refractivity contribution in [1.29, 1.82) is 5.26 Å². The molecule has 0 radical (unpaired) electrons. The lowest BCUT2D eigenvalue weighted by molar-refractivity contribution is 0.793. The first-order valence-corrected chi connectivity index (χ1v) is 6.88. The molecule has 0 spiro atoms. The maximum Gasteiger partial charge on any atom is 0.101 e. The number of hydrogen-bond donors (Lipinski definition) is 1. The van der Waals surface area contributed by atoms with Crippen LogP contribution in [0.4, 0.5) is 11.4 Å². The van der Waals surface area contributed by atoms with Gasteiger partial charge in [0.15, 0.2) is 0 Å². The normalized spacial score (nSPS) is 13.8. The molecule has 3 heteroatoms. The third kappa shape index (κ3) is 2.60. The highest BCUT2D eigenvalue weighted by Gasteiger charge is 2.30. The van der Waals surface area contributed by atoms with Crippen LogP contribution < -0.4 is 10.6 Å². The summed E-state index contributed by atoms with van der Waals surface area (Å²) in [4.78, 5) is 2.33. The van der Waals surface area contributed by atoms with Gasteiger partial charge in [0, 0.05) is 18.3 Å². The highest BCUT2D eigenvalue weighted by atomic mass is 15.2. The molecule has 0 aliphatic heterocycles. The van der Waals surface area contributed by atoms with Gasteiger partial charge >= 0.3 is 0 Å². The predicted molar refractivity (Wildman–Crippen MR) is 81.2 cm³/mol. The zero-order valence-electron chi connectivity index (χ0n) is 11.3. The summed E-state index contributed by atoms with van der Waals surface area (Å²) in [5, 5.41) is 9.28. The predicted octanol–water partition coefficient (Wildman–Crippen LogP) is 3.31. The van der Waals surface area contributed by atoms with Crippen molar-refractivity contribution in [1.82, 2.24) is 0 Å². The Morgan fingerprint density at radius 2 is 1.95 bits per heavy atom. The van der Waals surface area contributed by atoms with Crippen molar-refractivity contribution in [2.75, 3.05) is 10.6 Å². The Balaban J connectivity index is 1.92. The standard InChI is InChI=1S/C17H17N3/c18-11-14-5-1-2-7-17(14)20(16-8-9-16)12-13-4-3-6-15(19)10-13/h1-7,10,16H,8-9,12,19H2. The summed E-state index contributed by atoms with van der Waals surface area (Å²) in [6.45, 7) is 0.800. The second-order valence-electron chi connectivity index (χ2n) is 5.23. The van der Waals surface area contributed by atoms with E-state index in [9.17, 15) is 5.26 Å². The van der Waals surface area contributed by atoms with Gasteiger partial charge in [-0.05, 0) is 42.7 Å². The fourth-order valence-corrected chi connectivity index (χ4v) is 2.50. The van der Waals surface area contributed by atoms with Gasteiger partial charge in [-0.25, -0.2) is 0 Å². The van der Waals surface area contributed by atoms with Crippen molar-refractivity contribution in [3.05, 3.63) is 59.7 Å². The number of para-hydroxylation sites is 1. The van der Waals surface area contributed by atoms with Gasteiger partial charge in [-0.15, -0.1) is 0 Å². The number of benzene rings is 2. The fraction of sp³-hybridized carbons (Fsp3) is 0.235. The van der Waals surface area contributed by atoms with Crippen LogP contribution in [0.15, 0.2) is 48.5 Å². The van der Waals surface area contributed by atoms with E-state index in [0.717, 1.165) is 23.5 Å². The van der Waals surface area contributed by atoms with E-state index in [-0.39, 0.29) is 0 Å². The van der Waals surface area contributed by atoms with Gasteiger partial charge in [-0.2, -0.15) is 5.26 Å². The summed E-state index contributed by atoms with van der Waals surface area (Å²) in [7, 11) is 0. The molecule has 0 bridgehead atoms. The summed E-state index contributed by atoms with van der Waals surface area (Å²) in [6, 6.07) is 18.6. The maximum atomic E-state index is 9.28. The van der Waals surface area contributed by atoms with E-state index < -0.39 is 0 Å². The highest BCUT2D eigenvalue weighted by Crippen LogP contribution is 2.34. The number of anilines is 2. The highest BCUT2D eigenvalue weighted by molar-refractivity contribution is 5.61. The van der Waals surface area contributed by atoms with Crippen molar-refractivity contribution in [3.8, 4) is 6.07 Å². The molecule has 0 heterocycles. The first-order valence-electron chi connectivity index (χ1n) is 6.88. The van der Waals surface area contributed by atoms with E-state index in [0.29, 0.717) is 6.04 Å². The van der Waals surface area contributed by atoms with Gasteiger partial charge < -0.3 is 10.6 Å². The van der Waals surface area contributed by atoms with E-state index in [2.05, 4.69) is 17.0 Å². The van der Waals surface area contributed by atoms with Gasteiger partial charge in [0.25, 0.3) is 0 Å². The number of rotatable bonds is 4. The number of nitrogens with zero attached hydrogens (tertiary/aromatic N) is 2. The lowest BCUT2D eigenvalue weighted by Crippen LogP contribution is -2.25.